The van der Waals surface area contributed by atoms with Crippen LogP contribution in [0.15, 0.2) is 76.0 Å². The van der Waals surface area contributed by atoms with Crippen molar-refractivity contribution >= 4 is 15.7 Å². The van der Waals surface area contributed by atoms with Gasteiger partial charge in [0.2, 0.25) is 0 Å². The van der Waals surface area contributed by atoms with E-state index in [0.717, 1.165) is 6.26 Å². The van der Waals surface area contributed by atoms with Crippen LogP contribution in [0.3, 0.4) is 0 Å². The molecule has 0 unspecified atom stereocenters. The van der Waals surface area contributed by atoms with Crippen LogP contribution in [0.2, 0.25) is 0 Å². The summed E-state index contributed by atoms with van der Waals surface area (Å²) in [4.78, 5) is 8.14. The van der Waals surface area contributed by atoms with E-state index in [1.807, 2.05) is 18.2 Å². The van der Waals surface area contributed by atoms with Gasteiger partial charge in [-0.15, -0.1) is 8.78 Å². The van der Waals surface area contributed by atoms with E-state index in [1.165, 1.54) is 18.2 Å². The molecule has 0 N–H and O–H groups in total. The molecule has 41 heavy (non-hydrogen) atoms. The van der Waals surface area contributed by atoms with E-state index in [0.29, 0.717) is 50.9 Å². The van der Waals surface area contributed by atoms with Gasteiger partial charge in [-0.1, -0.05) is 30.8 Å². The van der Waals surface area contributed by atoms with E-state index >= 15 is 0 Å². The number of hydrogen-bond donors (Lipinski definition) is 0. The van der Waals surface area contributed by atoms with E-state index in [2.05, 4.69) is 24.4 Å². The van der Waals surface area contributed by atoms with Gasteiger partial charge in [-0.25, -0.2) is 13.4 Å². The van der Waals surface area contributed by atoms with Crippen LogP contribution in [0.1, 0.15) is 5.89 Å². The van der Waals surface area contributed by atoms with E-state index in [1.54, 1.807) is 49.0 Å². The molecule has 0 amide bonds. The SMILES string of the molecule is [C-]#[N+]c1cc(-c2ccc(-c3cccc(S(C)(=O)=O)c3)cc2-c2oc(C)nc2-c2ccc3c(c2)OC(F)(F)O3)n(C)n1. The standard InChI is InChI=1S/C29H20F2N4O5S/c1-16-33-27(19-9-11-24-25(14-19)40-29(30,31)39-24)28(38-16)22-13-18(17-6-5-7-20(12-17)41(4,36)37)8-10-21(22)23-15-26(32-2)34-35(23)3/h5-15H,1,3-4H3. The molecule has 3 heterocycles. The van der Waals surface area contributed by atoms with Gasteiger partial charge >= 0.3 is 6.29 Å². The number of sulfone groups is 1. The van der Waals surface area contributed by atoms with Crippen molar-refractivity contribution in [2.45, 2.75) is 18.1 Å². The zero-order valence-electron chi connectivity index (χ0n) is 21.8. The highest BCUT2D eigenvalue weighted by Crippen LogP contribution is 2.46. The van der Waals surface area contributed by atoms with Crippen molar-refractivity contribution in [2.75, 3.05) is 6.26 Å². The molecular weight excluding hydrogens is 554 g/mol. The Bertz CT molecular complexity index is 2010. The van der Waals surface area contributed by atoms with Crippen LogP contribution >= 0.6 is 0 Å². The molecule has 0 saturated carbocycles. The van der Waals surface area contributed by atoms with Crippen LogP contribution in [-0.2, 0) is 16.9 Å². The number of halogens is 2. The monoisotopic (exact) mass is 574 g/mol. The molecule has 206 valence electrons. The highest BCUT2D eigenvalue weighted by atomic mass is 32.2. The summed E-state index contributed by atoms with van der Waals surface area (Å²) in [6.07, 6.45) is -2.63. The predicted molar refractivity (Wildman–Crippen MR) is 145 cm³/mol. The number of nitrogens with zero attached hydrogens (tertiary/aromatic N) is 4. The Labute approximate surface area is 233 Å². The molecule has 2 aromatic heterocycles. The minimum Gasteiger partial charge on any atom is -0.440 e. The summed E-state index contributed by atoms with van der Waals surface area (Å²) in [5.41, 5.74) is 3.97. The van der Waals surface area contributed by atoms with Gasteiger partial charge < -0.3 is 18.7 Å². The lowest BCUT2D eigenvalue weighted by atomic mass is 9.94. The van der Waals surface area contributed by atoms with E-state index in [-0.39, 0.29) is 22.2 Å². The zero-order valence-corrected chi connectivity index (χ0v) is 22.7. The lowest BCUT2D eigenvalue weighted by molar-refractivity contribution is -0.286. The Hall–Kier alpha value is -5.02. The molecule has 0 bridgehead atoms. The van der Waals surface area contributed by atoms with Crippen molar-refractivity contribution in [1.82, 2.24) is 14.8 Å². The largest absolute Gasteiger partial charge is 0.586 e. The van der Waals surface area contributed by atoms with Gasteiger partial charge in [-0.3, -0.25) is 0 Å². The molecule has 0 saturated heterocycles. The number of alkyl halides is 2. The highest BCUT2D eigenvalue weighted by molar-refractivity contribution is 7.90. The maximum Gasteiger partial charge on any atom is 0.586 e. The molecule has 1 aliphatic rings. The number of ether oxygens (including phenoxy) is 2. The lowest BCUT2D eigenvalue weighted by Crippen LogP contribution is -2.25. The first-order chi connectivity index (χ1) is 19.4. The molecule has 3 aromatic carbocycles. The van der Waals surface area contributed by atoms with Crippen LogP contribution in [0, 0.1) is 13.5 Å². The normalized spacial score (nSPS) is 13.8. The summed E-state index contributed by atoms with van der Waals surface area (Å²) >= 11 is 0. The number of rotatable bonds is 5. The summed E-state index contributed by atoms with van der Waals surface area (Å²) in [5, 5.41) is 4.25. The smallest absolute Gasteiger partial charge is 0.440 e. The second-order valence-electron chi connectivity index (χ2n) is 9.42. The minimum atomic E-state index is -3.77. The Morgan fingerprint density at radius 3 is 2.39 bits per heavy atom. The molecule has 12 heteroatoms. The Morgan fingerprint density at radius 2 is 1.66 bits per heavy atom. The quantitative estimate of drug-likeness (QED) is 0.216. The summed E-state index contributed by atoms with van der Waals surface area (Å²) in [6, 6.07) is 18.0. The Morgan fingerprint density at radius 1 is 0.927 bits per heavy atom. The van der Waals surface area contributed by atoms with Crippen LogP contribution in [0.25, 0.3) is 49.8 Å². The van der Waals surface area contributed by atoms with Crippen molar-refractivity contribution in [3.05, 3.63) is 84.0 Å². The Balaban J connectivity index is 1.57. The number of aromatic nitrogens is 3. The average molecular weight is 575 g/mol. The Kier molecular flexibility index (Phi) is 5.93. The number of aryl methyl sites for hydroxylation is 2. The van der Waals surface area contributed by atoms with Crippen molar-refractivity contribution < 1.29 is 31.1 Å². The van der Waals surface area contributed by atoms with Gasteiger partial charge in [0, 0.05) is 29.9 Å². The van der Waals surface area contributed by atoms with Gasteiger partial charge in [0.25, 0.3) is 5.82 Å². The van der Waals surface area contributed by atoms with E-state index in [4.69, 9.17) is 11.0 Å². The molecule has 0 spiro atoms. The molecule has 1 aliphatic heterocycles. The lowest BCUT2D eigenvalue weighted by Gasteiger charge is -2.12. The third kappa shape index (κ3) is 4.81. The van der Waals surface area contributed by atoms with E-state index < -0.39 is 16.1 Å². The average Bonchev–Trinajstić information content (AvgIpc) is 3.60. The molecule has 6 rings (SSSR count). The van der Waals surface area contributed by atoms with Crippen LogP contribution < -0.4 is 9.47 Å². The second-order valence-corrected chi connectivity index (χ2v) is 11.4. The minimum absolute atomic E-state index is 0.101. The van der Waals surface area contributed by atoms with Crippen LogP contribution in [-0.4, -0.2) is 35.7 Å². The maximum absolute atomic E-state index is 13.7. The highest BCUT2D eigenvalue weighted by Gasteiger charge is 2.43. The maximum atomic E-state index is 13.7. The number of benzene rings is 3. The topological polar surface area (TPSA) is 101 Å². The van der Waals surface area contributed by atoms with Gasteiger partial charge in [0.05, 0.1) is 17.6 Å². The number of fused-ring (bicyclic) bond motifs is 1. The fourth-order valence-electron chi connectivity index (χ4n) is 4.70. The second kappa shape index (κ2) is 9.28. The molecule has 9 nitrogen and oxygen atoms in total. The number of hydrogen-bond acceptors (Lipinski definition) is 7. The summed E-state index contributed by atoms with van der Waals surface area (Å²) in [6.45, 7) is 9.05. The molecule has 0 fully saturated rings. The van der Waals surface area contributed by atoms with Gasteiger partial charge in [-0.05, 0) is 58.7 Å². The van der Waals surface area contributed by atoms with Crippen molar-refractivity contribution in [3.63, 3.8) is 0 Å². The predicted octanol–water partition coefficient (Wildman–Crippen LogP) is 6.66. The fourth-order valence-corrected chi connectivity index (χ4v) is 5.37. The first kappa shape index (κ1) is 26.2. The number of oxazole rings is 1. The molecule has 5 aromatic rings. The molecule has 0 aliphatic carbocycles. The molecule has 0 radical (unpaired) electrons. The van der Waals surface area contributed by atoms with Gasteiger partial charge in [0.1, 0.15) is 5.69 Å². The first-order valence-electron chi connectivity index (χ1n) is 12.2. The van der Waals surface area contributed by atoms with Crippen LogP contribution in [0.5, 0.6) is 11.5 Å². The van der Waals surface area contributed by atoms with Gasteiger partial charge in [-0.2, -0.15) is 4.68 Å². The van der Waals surface area contributed by atoms with Crippen molar-refractivity contribution in [3.8, 4) is 56.5 Å². The van der Waals surface area contributed by atoms with Crippen molar-refractivity contribution in [2.24, 2.45) is 7.05 Å². The summed E-state index contributed by atoms with van der Waals surface area (Å²) < 4.78 is 68.7. The fraction of sp³-hybridized carbons (Fsp3) is 0.138. The van der Waals surface area contributed by atoms with E-state index in [9.17, 15) is 17.2 Å². The van der Waals surface area contributed by atoms with Crippen LogP contribution in [0.4, 0.5) is 14.6 Å². The third-order valence-corrected chi connectivity index (χ3v) is 7.64. The molecular formula is C29H20F2N4O5S. The van der Waals surface area contributed by atoms with Gasteiger partial charge in [0.15, 0.2) is 33.0 Å². The third-order valence-electron chi connectivity index (χ3n) is 6.53. The first-order valence-corrected chi connectivity index (χ1v) is 14.1. The molecule has 0 atom stereocenters. The zero-order chi connectivity index (χ0) is 29.1. The summed E-state index contributed by atoms with van der Waals surface area (Å²) in [7, 11) is -1.74. The summed E-state index contributed by atoms with van der Waals surface area (Å²) in [5.74, 6) is 0.605. The van der Waals surface area contributed by atoms with Crippen molar-refractivity contribution in [1.29, 1.82) is 0 Å².